The van der Waals surface area contributed by atoms with Crippen LogP contribution < -0.4 is 13.8 Å². The first-order chi connectivity index (χ1) is 16.7. The number of fused-ring (bicyclic) bond motifs is 1. The first kappa shape index (κ1) is 25.1. The van der Waals surface area contributed by atoms with Crippen molar-refractivity contribution in [1.82, 2.24) is 0 Å². The number of benzene rings is 3. The molecule has 1 aliphatic heterocycles. The molecule has 3 aromatic rings. The minimum atomic E-state index is -3.94. The number of anilines is 1. The molecule has 0 N–H and O–H groups in total. The van der Waals surface area contributed by atoms with E-state index in [0.717, 1.165) is 16.7 Å². The zero-order chi connectivity index (χ0) is 25.3. The number of ether oxygens (including phenoxy) is 2. The first-order valence-corrected chi connectivity index (χ1v) is 13.1. The maximum Gasteiger partial charge on any atom is 0.265 e. The number of rotatable bonds is 7. The van der Waals surface area contributed by atoms with Gasteiger partial charge in [0.1, 0.15) is 23.9 Å². The zero-order valence-corrected chi connectivity index (χ0v) is 21.6. The van der Waals surface area contributed by atoms with Crippen molar-refractivity contribution in [3.8, 4) is 11.5 Å². The van der Waals surface area contributed by atoms with Gasteiger partial charge in [-0.1, -0.05) is 36.7 Å². The van der Waals surface area contributed by atoms with Gasteiger partial charge in [0.25, 0.3) is 10.0 Å². The van der Waals surface area contributed by atoms with Crippen molar-refractivity contribution in [2.45, 2.75) is 44.7 Å². The second kappa shape index (κ2) is 9.91. The van der Waals surface area contributed by atoms with E-state index in [4.69, 9.17) is 21.1 Å². The van der Waals surface area contributed by atoms with Crippen molar-refractivity contribution in [3.63, 3.8) is 0 Å². The van der Waals surface area contributed by atoms with Gasteiger partial charge in [0.15, 0.2) is 0 Å². The number of sulfonamides is 1. The van der Waals surface area contributed by atoms with Gasteiger partial charge in [-0.25, -0.2) is 12.8 Å². The Morgan fingerprint density at radius 1 is 1.11 bits per heavy atom. The highest BCUT2D eigenvalue weighted by Gasteiger charge is 2.35. The van der Waals surface area contributed by atoms with Crippen LogP contribution in [0.15, 0.2) is 65.1 Å². The molecule has 1 heterocycles. The quantitative estimate of drug-likeness (QED) is 0.348. The van der Waals surface area contributed by atoms with Crippen molar-refractivity contribution >= 4 is 33.4 Å². The van der Waals surface area contributed by atoms with Crippen LogP contribution in [0.3, 0.4) is 0 Å². The molecule has 4 rings (SSSR count). The third kappa shape index (κ3) is 4.75. The van der Waals surface area contributed by atoms with Crippen LogP contribution >= 0.6 is 11.6 Å². The minimum Gasteiger partial charge on any atom is -0.496 e. The van der Waals surface area contributed by atoms with Crippen LogP contribution in [-0.4, -0.2) is 21.6 Å². The highest BCUT2D eigenvalue weighted by atomic mass is 35.5. The molecule has 184 valence electrons. The summed E-state index contributed by atoms with van der Waals surface area (Å²) in [4.78, 5) is 0.138. The maximum atomic E-state index is 14.2. The van der Waals surface area contributed by atoms with Gasteiger partial charge in [0.05, 0.1) is 28.8 Å². The van der Waals surface area contributed by atoms with E-state index < -0.39 is 21.9 Å². The Labute approximate surface area is 210 Å². The average molecular weight is 516 g/mol. The molecule has 0 saturated heterocycles. The third-order valence-corrected chi connectivity index (χ3v) is 8.49. The van der Waals surface area contributed by atoms with Crippen LogP contribution in [0.25, 0.3) is 6.08 Å². The fourth-order valence-corrected chi connectivity index (χ4v) is 6.15. The number of hydrogen-bond acceptors (Lipinski definition) is 4. The molecule has 0 fully saturated rings. The summed E-state index contributed by atoms with van der Waals surface area (Å²) >= 11 is 6.12. The van der Waals surface area contributed by atoms with Gasteiger partial charge in [-0.2, -0.15) is 0 Å². The monoisotopic (exact) mass is 515 g/mol. The lowest BCUT2D eigenvalue weighted by Gasteiger charge is -2.36. The smallest absolute Gasteiger partial charge is 0.265 e. The summed E-state index contributed by atoms with van der Waals surface area (Å²) < 4.78 is 54.6. The number of aryl methyl sites for hydroxylation is 1. The van der Waals surface area contributed by atoms with E-state index in [2.05, 4.69) is 0 Å². The van der Waals surface area contributed by atoms with Crippen LogP contribution in [0.4, 0.5) is 10.1 Å². The SMILES string of the molecule is CCC1=Cc2ccc(OCc3c(F)cccc3Cl)cc2N(S(=O)(=O)c2ccc(C)c(OC)c2)C1C. The zero-order valence-electron chi connectivity index (χ0n) is 20.0. The van der Waals surface area contributed by atoms with Crippen LogP contribution in [-0.2, 0) is 16.6 Å². The van der Waals surface area contributed by atoms with E-state index in [9.17, 15) is 12.8 Å². The Kier molecular flexibility index (Phi) is 7.10. The summed E-state index contributed by atoms with van der Waals surface area (Å²) in [6.45, 7) is 5.64. The van der Waals surface area contributed by atoms with Gasteiger partial charge in [-0.3, -0.25) is 4.31 Å². The molecular weight excluding hydrogens is 489 g/mol. The number of hydrogen-bond donors (Lipinski definition) is 0. The third-order valence-electron chi connectivity index (χ3n) is 6.26. The van der Waals surface area contributed by atoms with Crippen molar-refractivity contribution < 1.29 is 22.3 Å². The molecule has 8 heteroatoms. The molecule has 3 aromatic carbocycles. The minimum absolute atomic E-state index is 0.0855. The molecule has 35 heavy (non-hydrogen) atoms. The van der Waals surface area contributed by atoms with Gasteiger partial charge in [0, 0.05) is 17.7 Å². The fraction of sp³-hybridized carbons (Fsp3) is 0.259. The van der Waals surface area contributed by atoms with E-state index in [0.29, 0.717) is 23.6 Å². The molecule has 0 aliphatic carbocycles. The predicted molar refractivity (Wildman–Crippen MR) is 137 cm³/mol. The molecular formula is C27H27ClFNO4S. The Morgan fingerprint density at radius 2 is 1.89 bits per heavy atom. The molecule has 0 bridgehead atoms. The molecule has 0 saturated carbocycles. The average Bonchev–Trinajstić information content (AvgIpc) is 2.83. The number of nitrogens with zero attached hydrogens (tertiary/aromatic N) is 1. The standard InChI is InChI=1S/C27H27ClFNO4S/c1-5-19-13-20-10-11-21(34-16-23-24(28)7-6-8-25(23)29)14-26(20)30(18(19)3)35(31,32)22-12-9-17(2)27(15-22)33-4/h6-15,18H,5,16H2,1-4H3. The van der Waals surface area contributed by atoms with Crippen LogP contribution in [0.2, 0.25) is 5.02 Å². The lowest BCUT2D eigenvalue weighted by atomic mass is 9.96. The predicted octanol–water partition coefficient (Wildman–Crippen LogP) is 6.77. The number of methoxy groups -OCH3 is 1. The Balaban J connectivity index is 1.76. The first-order valence-electron chi connectivity index (χ1n) is 11.3. The van der Waals surface area contributed by atoms with Crippen molar-refractivity contribution in [3.05, 3.63) is 87.7 Å². The molecule has 0 spiro atoms. The van der Waals surface area contributed by atoms with Crippen molar-refractivity contribution in [2.24, 2.45) is 0 Å². The Bertz CT molecular complexity index is 1380. The van der Waals surface area contributed by atoms with Crippen LogP contribution in [0, 0.1) is 12.7 Å². The normalized spacial score (nSPS) is 15.4. The largest absolute Gasteiger partial charge is 0.496 e. The fourth-order valence-electron chi connectivity index (χ4n) is 4.24. The molecule has 5 nitrogen and oxygen atoms in total. The van der Waals surface area contributed by atoms with Gasteiger partial charge >= 0.3 is 0 Å². The van der Waals surface area contributed by atoms with Crippen molar-refractivity contribution in [2.75, 3.05) is 11.4 Å². The molecule has 1 unspecified atom stereocenters. The lowest BCUT2D eigenvalue weighted by Crippen LogP contribution is -2.41. The van der Waals surface area contributed by atoms with Gasteiger partial charge in [-0.05, 0) is 67.3 Å². The summed E-state index contributed by atoms with van der Waals surface area (Å²) in [6.07, 6.45) is 2.72. The summed E-state index contributed by atoms with van der Waals surface area (Å²) in [6, 6.07) is 14.1. The molecule has 0 aromatic heterocycles. The van der Waals surface area contributed by atoms with Gasteiger partial charge in [0.2, 0.25) is 0 Å². The maximum absolute atomic E-state index is 14.2. The van der Waals surface area contributed by atoms with Gasteiger partial charge < -0.3 is 9.47 Å². The summed E-state index contributed by atoms with van der Waals surface area (Å²) in [7, 11) is -2.42. The van der Waals surface area contributed by atoms with Crippen LogP contribution in [0.1, 0.15) is 37.0 Å². The van der Waals surface area contributed by atoms with Crippen molar-refractivity contribution in [1.29, 1.82) is 0 Å². The second-order valence-corrected chi connectivity index (χ2v) is 10.6. The summed E-state index contributed by atoms with van der Waals surface area (Å²) in [5.41, 5.74) is 3.33. The summed E-state index contributed by atoms with van der Waals surface area (Å²) in [5, 5.41) is 0.268. The summed E-state index contributed by atoms with van der Waals surface area (Å²) in [5.74, 6) is 0.448. The van der Waals surface area contributed by atoms with E-state index >= 15 is 0 Å². The number of halogens is 2. The van der Waals surface area contributed by atoms with E-state index in [1.54, 1.807) is 36.4 Å². The van der Waals surface area contributed by atoms with Gasteiger partial charge in [-0.15, -0.1) is 0 Å². The van der Waals surface area contributed by atoms with E-state index in [1.165, 1.54) is 23.5 Å². The highest BCUT2D eigenvalue weighted by Crippen LogP contribution is 2.40. The molecule has 1 aliphatic rings. The second-order valence-electron chi connectivity index (χ2n) is 8.39. The molecule has 0 amide bonds. The molecule has 0 radical (unpaired) electrons. The lowest BCUT2D eigenvalue weighted by molar-refractivity contribution is 0.300. The topological polar surface area (TPSA) is 55.8 Å². The molecule has 1 atom stereocenters. The Morgan fingerprint density at radius 3 is 2.57 bits per heavy atom. The Hall–Kier alpha value is -3.03. The van der Waals surface area contributed by atoms with E-state index in [-0.39, 0.29) is 22.1 Å². The van der Waals surface area contributed by atoms with E-state index in [1.807, 2.05) is 32.9 Å². The van der Waals surface area contributed by atoms with Crippen LogP contribution in [0.5, 0.6) is 11.5 Å². The highest BCUT2D eigenvalue weighted by molar-refractivity contribution is 7.92.